The largest absolute Gasteiger partial charge is 0.497 e. The van der Waals surface area contributed by atoms with Gasteiger partial charge in [0.05, 0.1) is 37.6 Å². The second-order valence-corrected chi connectivity index (χ2v) is 7.25. The van der Waals surface area contributed by atoms with Crippen molar-refractivity contribution < 1.29 is 19.1 Å². The summed E-state index contributed by atoms with van der Waals surface area (Å²) >= 11 is 0. The van der Waals surface area contributed by atoms with E-state index in [1.807, 2.05) is 55.5 Å². The van der Waals surface area contributed by atoms with Gasteiger partial charge in [0.2, 0.25) is 0 Å². The molecule has 7 heteroatoms. The quantitative estimate of drug-likeness (QED) is 0.740. The predicted molar refractivity (Wildman–Crippen MR) is 112 cm³/mol. The zero-order valence-corrected chi connectivity index (χ0v) is 17.1. The number of benzene rings is 2. The van der Waals surface area contributed by atoms with Gasteiger partial charge in [-0.3, -0.25) is 4.79 Å². The standard InChI is InChI=1S/C23H25N3O4/c1-3-30-18-10-6-16(7-11-18)21-20-19(24-23(28)25-21)14-26(22(20)27)13-12-15-4-8-17(29-2)9-5-15/h4-11,21H,3,12-14H2,1-2H3,(H2,24,25,28)/t21-/m1/s1. The van der Waals surface area contributed by atoms with Gasteiger partial charge < -0.3 is 25.0 Å². The van der Waals surface area contributed by atoms with Crippen molar-refractivity contribution in [1.29, 1.82) is 0 Å². The SMILES string of the molecule is CCOc1ccc([C@H]2NC(=O)NC3=C2C(=O)N(CCc2ccc(OC)cc2)C3)cc1. The van der Waals surface area contributed by atoms with E-state index in [-0.39, 0.29) is 11.9 Å². The summed E-state index contributed by atoms with van der Waals surface area (Å²) in [7, 11) is 1.64. The lowest BCUT2D eigenvalue weighted by Gasteiger charge is -2.25. The summed E-state index contributed by atoms with van der Waals surface area (Å²) in [5.74, 6) is 1.51. The molecule has 30 heavy (non-hydrogen) atoms. The smallest absolute Gasteiger partial charge is 0.319 e. The number of hydrogen-bond acceptors (Lipinski definition) is 4. The first kappa shape index (κ1) is 19.8. The van der Waals surface area contributed by atoms with Crippen LogP contribution in [0.4, 0.5) is 4.79 Å². The number of hydrogen-bond donors (Lipinski definition) is 2. The molecule has 2 aromatic carbocycles. The van der Waals surface area contributed by atoms with E-state index in [0.29, 0.717) is 31.0 Å². The molecule has 0 aliphatic carbocycles. The molecule has 0 saturated carbocycles. The average molecular weight is 407 g/mol. The van der Waals surface area contributed by atoms with Crippen LogP contribution < -0.4 is 20.1 Å². The highest BCUT2D eigenvalue weighted by Crippen LogP contribution is 2.33. The van der Waals surface area contributed by atoms with E-state index in [9.17, 15) is 9.59 Å². The van der Waals surface area contributed by atoms with Crippen molar-refractivity contribution in [3.05, 3.63) is 70.9 Å². The second kappa shape index (κ2) is 8.49. The number of ether oxygens (including phenoxy) is 2. The van der Waals surface area contributed by atoms with Crippen LogP contribution >= 0.6 is 0 Å². The Morgan fingerprint density at radius 1 is 1.03 bits per heavy atom. The first-order valence-corrected chi connectivity index (χ1v) is 10.0. The van der Waals surface area contributed by atoms with Crippen molar-refractivity contribution in [1.82, 2.24) is 15.5 Å². The third-order valence-corrected chi connectivity index (χ3v) is 5.37. The van der Waals surface area contributed by atoms with E-state index in [0.717, 1.165) is 29.0 Å². The number of urea groups is 1. The third kappa shape index (κ3) is 3.96. The number of carbonyl (C=O) groups is 2. The topological polar surface area (TPSA) is 79.9 Å². The minimum absolute atomic E-state index is 0.0510. The van der Waals surface area contributed by atoms with Crippen LogP contribution in [0.15, 0.2) is 59.8 Å². The highest BCUT2D eigenvalue weighted by Gasteiger charge is 2.40. The Kier molecular flexibility index (Phi) is 5.61. The third-order valence-electron chi connectivity index (χ3n) is 5.37. The fourth-order valence-electron chi connectivity index (χ4n) is 3.84. The summed E-state index contributed by atoms with van der Waals surface area (Å²) < 4.78 is 10.7. The monoisotopic (exact) mass is 407 g/mol. The lowest BCUT2D eigenvalue weighted by atomic mass is 9.96. The Morgan fingerprint density at radius 3 is 2.40 bits per heavy atom. The van der Waals surface area contributed by atoms with Crippen LogP contribution in [-0.4, -0.2) is 43.6 Å². The minimum atomic E-state index is -0.470. The molecule has 0 radical (unpaired) electrons. The molecule has 4 rings (SSSR count). The van der Waals surface area contributed by atoms with E-state index in [4.69, 9.17) is 9.47 Å². The summed E-state index contributed by atoms with van der Waals surface area (Å²) in [5, 5.41) is 5.69. The van der Waals surface area contributed by atoms with Crippen LogP contribution in [0.1, 0.15) is 24.1 Å². The molecule has 7 nitrogen and oxygen atoms in total. The van der Waals surface area contributed by atoms with Gasteiger partial charge in [0, 0.05) is 6.54 Å². The van der Waals surface area contributed by atoms with E-state index < -0.39 is 6.04 Å². The minimum Gasteiger partial charge on any atom is -0.497 e. The zero-order valence-electron chi connectivity index (χ0n) is 17.1. The maximum atomic E-state index is 13.2. The maximum Gasteiger partial charge on any atom is 0.319 e. The molecule has 3 amide bonds. The van der Waals surface area contributed by atoms with Crippen LogP contribution in [0.3, 0.4) is 0 Å². The maximum absolute atomic E-state index is 13.2. The van der Waals surface area contributed by atoms with Crippen LogP contribution in [-0.2, 0) is 11.2 Å². The number of nitrogens with zero attached hydrogens (tertiary/aromatic N) is 1. The van der Waals surface area contributed by atoms with E-state index in [1.54, 1.807) is 12.0 Å². The molecule has 0 spiro atoms. The lowest BCUT2D eigenvalue weighted by molar-refractivity contribution is -0.125. The van der Waals surface area contributed by atoms with Crippen molar-refractivity contribution in [3.63, 3.8) is 0 Å². The molecule has 0 aromatic heterocycles. The molecule has 0 unspecified atom stereocenters. The Bertz CT molecular complexity index is 967. The molecule has 0 saturated heterocycles. The van der Waals surface area contributed by atoms with E-state index in [2.05, 4.69) is 10.6 Å². The second-order valence-electron chi connectivity index (χ2n) is 7.25. The average Bonchev–Trinajstić information content (AvgIpc) is 3.08. The van der Waals surface area contributed by atoms with Gasteiger partial charge in [0.1, 0.15) is 11.5 Å². The molecule has 2 aliphatic heterocycles. The molecule has 1 atom stereocenters. The number of amides is 3. The molecule has 2 heterocycles. The van der Waals surface area contributed by atoms with Crippen LogP contribution in [0, 0.1) is 0 Å². The van der Waals surface area contributed by atoms with Crippen molar-refractivity contribution >= 4 is 11.9 Å². The molecule has 156 valence electrons. The normalized spacial score (nSPS) is 18.1. The highest BCUT2D eigenvalue weighted by molar-refractivity contribution is 6.01. The van der Waals surface area contributed by atoms with Gasteiger partial charge in [0.25, 0.3) is 5.91 Å². The van der Waals surface area contributed by atoms with Gasteiger partial charge in [-0.05, 0) is 48.7 Å². The van der Waals surface area contributed by atoms with Gasteiger partial charge in [-0.25, -0.2) is 4.79 Å². The fraction of sp³-hybridized carbons (Fsp3) is 0.304. The van der Waals surface area contributed by atoms with Gasteiger partial charge in [-0.1, -0.05) is 24.3 Å². The Balaban J connectivity index is 1.48. The molecular weight excluding hydrogens is 382 g/mol. The summed E-state index contributed by atoms with van der Waals surface area (Å²) in [6, 6.07) is 14.5. The van der Waals surface area contributed by atoms with Gasteiger partial charge in [-0.2, -0.15) is 0 Å². The molecule has 2 aromatic rings. The number of carbonyl (C=O) groups excluding carboxylic acids is 2. The first-order valence-electron chi connectivity index (χ1n) is 10.0. The van der Waals surface area contributed by atoms with Crippen molar-refractivity contribution in [3.8, 4) is 11.5 Å². The van der Waals surface area contributed by atoms with E-state index in [1.165, 1.54) is 0 Å². The predicted octanol–water partition coefficient (Wildman–Crippen LogP) is 2.79. The van der Waals surface area contributed by atoms with E-state index >= 15 is 0 Å². The Morgan fingerprint density at radius 2 is 1.73 bits per heavy atom. The number of nitrogens with one attached hydrogen (secondary N) is 2. The van der Waals surface area contributed by atoms with Crippen LogP contribution in [0.25, 0.3) is 0 Å². The Labute approximate surface area is 175 Å². The molecule has 0 fully saturated rings. The molecule has 2 N–H and O–H groups in total. The summed E-state index contributed by atoms with van der Waals surface area (Å²) in [4.78, 5) is 27.1. The fourth-order valence-corrected chi connectivity index (χ4v) is 3.84. The number of methoxy groups -OCH3 is 1. The Hall–Kier alpha value is -3.48. The highest BCUT2D eigenvalue weighted by atomic mass is 16.5. The van der Waals surface area contributed by atoms with Crippen molar-refractivity contribution in [2.24, 2.45) is 0 Å². The van der Waals surface area contributed by atoms with Gasteiger partial charge in [0.15, 0.2) is 0 Å². The van der Waals surface area contributed by atoms with Crippen molar-refractivity contribution in [2.75, 3.05) is 26.8 Å². The molecular formula is C23H25N3O4. The summed E-state index contributed by atoms with van der Waals surface area (Å²) in [5.41, 5.74) is 3.26. The van der Waals surface area contributed by atoms with Crippen molar-refractivity contribution in [2.45, 2.75) is 19.4 Å². The first-order chi connectivity index (χ1) is 14.6. The zero-order chi connectivity index (χ0) is 21.1. The molecule has 0 bridgehead atoms. The van der Waals surface area contributed by atoms with Gasteiger partial charge in [-0.15, -0.1) is 0 Å². The van der Waals surface area contributed by atoms with Crippen LogP contribution in [0.2, 0.25) is 0 Å². The van der Waals surface area contributed by atoms with Gasteiger partial charge >= 0.3 is 6.03 Å². The lowest BCUT2D eigenvalue weighted by Crippen LogP contribution is -2.44. The number of rotatable bonds is 7. The summed E-state index contributed by atoms with van der Waals surface area (Å²) in [6.07, 6.45) is 0.728. The molecule has 2 aliphatic rings. The summed E-state index contributed by atoms with van der Waals surface area (Å²) in [6.45, 7) is 3.49. The van der Waals surface area contributed by atoms with Crippen LogP contribution in [0.5, 0.6) is 11.5 Å².